The molecule has 8 heteroatoms. The van der Waals surface area contributed by atoms with Crippen molar-refractivity contribution in [3.63, 3.8) is 0 Å². The Bertz CT molecular complexity index is 893. The molecule has 0 saturated heterocycles. The second-order valence-electron chi connectivity index (χ2n) is 5.89. The Morgan fingerprint density at radius 3 is 2.67 bits per heavy atom. The van der Waals surface area contributed by atoms with Crippen LogP contribution >= 0.6 is 0 Å². The molecule has 5 N–H and O–H groups in total. The largest absolute Gasteiger partial charge is 0.497 e. The number of carbonyl (C=O) groups is 2. The zero-order chi connectivity index (χ0) is 19.4. The maximum absolute atomic E-state index is 12.9. The van der Waals surface area contributed by atoms with Gasteiger partial charge in [0.1, 0.15) is 5.75 Å². The van der Waals surface area contributed by atoms with E-state index < -0.39 is 0 Å². The molecule has 0 atom stereocenters. The number of hydrogen-bond acceptors (Lipinski definition) is 6. The number of methoxy groups -OCH3 is 1. The Labute approximate surface area is 156 Å². The molecular weight excluding hydrogens is 348 g/mol. The predicted octanol–water partition coefficient (Wildman–Crippen LogP) is 1.42. The molecule has 0 aromatic heterocycles. The van der Waals surface area contributed by atoms with Gasteiger partial charge in [-0.1, -0.05) is 12.1 Å². The van der Waals surface area contributed by atoms with E-state index in [1.54, 1.807) is 43.5 Å². The molecule has 1 aliphatic rings. The van der Waals surface area contributed by atoms with E-state index in [-0.39, 0.29) is 30.5 Å². The maximum Gasteiger partial charge on any atom is 0.294 e. The highest BCUT2D eigenvalue weighted by Crippen LogP contribution is 2.37. The molecule has 140 valence electrons. The van der Waals surface area contributed by atoms with Crippen molar-refractivity contribution < 1.29 is 19.1 Å². The van der Waals surface area contributed by atoms with E-state index in [1.807, 2.05) is 12.1 Å². The minimum atomic E-state index is -0.369. The van der Waals surface area contributed by atoms with Gasteiger partial charge in [0.2, 0.25) is 5.91 Å². The number of nitrogens with zero attached hydrogens (tertiary/aromatic N) is 1. The molecule has 2 aromatic rings. The molecular formula is C19H20N4O4. The fraction of sp³-hybridized carbons (Fsp3) is 0.158. The van der Waals surface area contributed by atoms with Crippen LogP contribution in [0.3, 0.4) is 0 Å². The Morgan fingerprint density at radius 2 is 2.00 bits per heavy atom. The summed E-state index contributed by atoms with van der Waals surface area (Å²) >= 11 is 0. The van der Waals surface area contributed by atoms with Gasteiger partial charge in [-0.15, -0.1) is 0 Å². The van der Waals surface area contributed by atoms with Crippen LogP contribution in [0.5, 0.6) is 11.5 Å². The average Bonchev–Trinajstić information content (AvgIpc) is 2.68. The third kappa shape index (κ3) is 4.01. The van der Waals surface area contributed by atoms with Crippen molar-refractivity contribution in [2.24, 2.45) is 5.84 Å². The number of hydrogen-bond donors (Lipinski definition) is 3. The number of benzene rings is 2. The van der Waals surface area contributed by atoms with Gasteiger partial charge >= 0.3 is 0 Å². The van der Waals surface area contributed by atoms with Crippen LogP contribution in [-0.2, 0) is 9.59 Å². The second kappa shape index (κ2) is 7.79. The van der Waals surface area contributed by atoms with Crippen LogP contribution in [0.15, 0.2) is 48.2 Å². The van der Waals surface area contributed by atoms with Crippen LogP contribution in [0.4, 0.5) is 11.4 Å². The van der Waals surface area contributed by atoms with E-state index in [0.717, 1.165) is 5.56 Å². The molecule has 0 radical (unpaired) electrons. The highest BCUT2D eigenvalue weighted by Gasteiger charge is 2.30. The van der Waals surface area contributed by atoms with Crippen molar-refractivity contribution in [1.82, 2.24) is 5.43 Å². The van der Waals surface area contributed by atoms with E-state index in [1.165, 1.54) is 4.90 Å². The summed E-state index contributed by atoms with van der Waals surface area (Å²) in [7, 11) is 1.58. The van der Waals surface area contributed by atoms with Gasteiger partial charge < -0.3 is 20.1 Å². The highest BCUT2D eigenvalue weighted by atomic mass is 16.5. The van der Waals surface area contributed by atoms with Gasteiger partial charge in [-0.25, -0.2) is 5.84 Å². The normalized spacial score (nSPS) is 14.5. The third-order valence-electron chi connectivity index (χ3n) is 4.09. The second-order valence-corrected chi connectivity index (χ2v) is 5.89. The summed E-state index contributed by atoms with van der Waals surface area (Å²) in [6.07, 6.45) is 1.69. The fourth-order valence-corrected chi connectivity index (χ4v) is 2.69. The lowest BCUT2D eigenvalue weighted by Crippen LogP contribution is -2.40. The van der Waals surface area contributed by atoms with Crippen LogP contribution in [0.1, 0.15) is 12.0 Å². The van der Waals surface area contributed by atoms with Crippen LogP contribution in [0.25, 0.3) is 6.08 Å². The van der Waals surface area contributed by atoms with Crippen LogP contribution in [-0.4, -0.2) is 25.5 Å². The lowest BCUT2D eigenvalue weighted by Gasteiger charge is -2.30. The number of rotatable bonds is 5. The lowest BCUT2D eigenvalue weighted by atomic mass is 10.1. The minimum absolute atomic E-state index is 0.0574. The summed E-state index contributed by atoms with van der Waals surface area (Å²) in [6, 6.07) is 12.2. The van der Waals surface area contributed by atoms with Crippen molar-refractivity contribution in [2.45, 2.75) is 6.42 Å². The Hall–Kier alpha value is -3.52. The molecule has 0 aliphatic carbocycles. The van der Waals surface area contributed by atoms with E-state index in [2.05, 4.69) is 5.43 Å². The molecule has 0 fully saturated rings. The van der Waals surface area contributed by atoms with Crippen molar-refractivity contribution in [3.05, 3.63) is 53.8 Å². The first kappa shape index (κ1) is 18.3. The van der Waals surface area contributed by atoms with Crippen molar-refractivity contribution in [2.75, 3.05) is 24.3 Å². The number of nitrogens with one attached hydrogen (secondary N) is 1. The maximum atomic E-state index is 12.9. The van der Waals surface area contributed by atoms with E-state index in [9.17, 15) is 9.59 Å². The monoisotopic (exact) mass is 368 g/mol. The fourth-order valence-electron chi connectivity index (χ4n) is 2.69. The minimum Gasteiger partial charge on any atom is -0.497 e. The van der Waals surface area contributed by atoms with Crippen LogP contribution < -0.4 is 31.4 Å². The summed E-state index contributed by atoms with van der Waals surface area (Å²) in [5.41, 5.74) is 9.72. The number of nitrogens with two attached hydrogens (primary N) is 2. The molecule has 0 saturated carbocycles. The molecule has 3 rings (SSSR count). The van der Waals surface area contributed by atoms with E-state index >= 15 is 0 Å². The molecule has 2 amide bonds. The van der Waals surface area contributed by atoms with Gasteiger partial charge in [-0.05, 0) is 35.9 Å². The van der Waals surface area contributed by atoms with Gasteiger partial charge in [0.05, 0.1) is 12.8 Å². The predicted molar refractivity (Wildman–Crippen MR) is 102 cm³/mol. The summed E-state index contributed by atoms with van der Waals surface area (Å²) in [4.78, 5) is 25.9. The van der Waals surface area contributed by atoms with Gasteiger partial charge in [0.15, 0.2) is 11.5 Å². The van der Waals surface area contributed by atoms with Crippen LogP contribution in [0, 0.1) is 0 Å². The summed E-state index contributed by atoms with van der Waals surface area (Å²) in [5.74, 6) is 5.69. The van der Waals surface area contributed by atoms with E-state index in [0.29, 0.717) is 22.9 Å². The zero-order valence-electron chi connectivity index (χ0n) is 14.8. The molecule has 0 spiro atoms. The molecule has 0 unspecified atom stereocenters. The summed E-state index contributed by atoms with van der Waals surface area (Å²) < 4.78 is 10.9. The smallest absolute Gasteiger partial charge is 0.294 e. The third-order valence-corrected chi connectivity index (χ3v) is 4.09. The number of carbonyl (C=O) groups excluding carboxylic acids is 2. The van der Waals surface area contributed by atoms with Crippen molar-refractivity contribution in [3.8, 4) is 11.5 Å². The number of amides is 2. The van der Waals surface area contributed by atoms with Crippen molar-refractivity contribution in [1.29, 1.82) is 0 Å². The first-order chi connectivity index (χ1) is 13.0. The zero-order valence-corrected chi connectivity index (χ0v) is 14.8. The number of fused-ring (bicyclic) bond motifs is 1. The quantitative estimate of drug-likeness (QED) is 0.241. The Balaban J connectivity index is 1.94. The highest BCUT2D eigenvalue weighted by molar-refractivity contribution is 6.10. The average molecular weight is 368 g/mol. The van der Waals surface area contributed by atoms with Gasteiger partial charge in [-0.2, -0.15) is 0 Å². The first-order valence-corrected chi connectivity index (χ1v) is 8.26. The lowest BCUT2D eigenvalue weighted by molar-refractivity contribution is -0.121. The molecule has 27 heavy (non-hydrogen) atoms. The SMILES string of the molecule is COc1ccc(/C=C2/Oc3cc(N)ccc3N(CCC(=O)NN)C2=O)cc1. The van der Waals surface area contributed by atoms with E-state index in [4.69, 9.17) is 21.1 Å². The van der Waals surface area contributed by atoms with Crippen molar-refractivity contribution >= 4 is 29.3 Å². The topological polar surface area (TPSA) is 120 Å². The number of hydrazine groups is 1. The standard InChI is InChI=1S/C19H20N4O4/c1-26-14-5-2-12(3-6-14)10-17-19(25)23(9-8-18(24)22-21)15-7-4-13(20)11-16(15)27-17/h2-7,10-11H,8-9,20-21H2,1H3,(H,22,24)/b17-10+. The van der Waals surface area contributed by atoms with Gasteiger partial charge in [0.25, 0.3) is 5.91 Å². The van der Waals surface area contributed by atoms with Gasteiger partial charge in [0, 0.05) is 24.7 Å². The van der Waals surface area contributed by atoms with Gasteiger partial charge in [-0.3, -0.25) is 15.0 Å². The van der Waals surface area contributed by atoms with Crippen LogP contribution in [0.2, 0.25) is 0 Å². The first-order valence-electron chi connectivity index (χ1n) is 8.26. The Morgan fingerprint density at radius 1 is 1.26 bits per heavy atom. The molecule has 0 bridgehead atoms. The molecule has 1 aliphatic heterocycles. The molecule has 8 nitrogen and oxygen atoms in total. The number of anilines is 2. The molecule has 2 aromatic carbocycles. The summed E-state index contributed by atoms with van der Waals surface area (Å²) in [6.45, 7) is 0.155. The molecule has 1 heterocycles. The summed E-state index contributed by atoms with van der Waals surface area (Å²) in [5, 5.41) is 0. The number of ether oxygens (including phenoxy) is 2. The number of nitrogen functional groups attached to an aromatic ring is 1. The Kier molecular flexibility index (Phi) is 5.28.